The second kappa shape index (κ2) is 6.71. The minimum Gasteiger partial charge on any atom is -0.353 e. The van der Waals surface area contributed by atoms with Crippen LogP contribution in [0.3, 0.4) is 0 Å². The summed E-state index contributed by atoms with van der Waals surface area (Å²) in [7, 11) is 0. The average Bonchev–Trinajstić information content (AvgIpc) is 2.66. The van der Waals surface area contributed by atoms with Crippen LogP contribution in [-0.2, 0) is 4.79 Å². The molecule has 19 heavy (non-hydrogen) atoms. The number of carbonyl (C=O) groups is 1. The lowest BCUT2D eigenvalue weighted by atomic mass is 9.98. The maximum absolute atomic E-state index is 12.0. The highest BCUT2D eigenvalue weighted by Crippen LogP contribution is 2.29. The van der Waals surface area contributed by atoms with Crippen molar-refractivity contribution in [3.63, 3.8) is 0 Å². The Hall–Kier alpha value is -0.610. The molecule has 2 fully saturated rings. The molecule has 2 bridgehead atoms. The van der Waals surface area contributed by atoms with Crippen LogP contribution < -0.4 is 10.6 Å². The monoisotopic (exact) mass is 267 g/mol. The first kappa shape index (κ1) is 14.8. The smallest absolute Gasteiger partial charge is 0.234 e. The van der Waals surface area contributed by atoms with Gasteiger partial charge >= 0.3 is 0 Å². The third-order valence-corrected chi connectivity index (χ3v) is 4.27. The van der Waals surface area contributed by atoms with Crippen LogP contribution in [0.4, 0.5) is 0 Å². The molecule has 2 rings (SSSR count). The summed E-state index contributed by atoms with van der Waals surface area (Å²) in [6, 6.07) is 2.21. The Labute approximate surface area is 117 Å². The Morgan fingerprint density at radius 3 is 2.47 bits per heavy atom. The molecule has 2 N–H and O–H groups in total. The minimum absolute atomic E-state index is 0.175. The van der Waals surface area contributed by atoms with Crippen LogP contribution in [0.1, 0.15) is 52.9 Å². The SMILES string of the molecule is CCCN(CC(=O)NC(C)C)C1CC2CCC(C1)N2. The Morgan fingerprint density at radius 1 is 1.32 bits per heavy atom. The van der Waals surface area contributed by atoms with Crippen LogP contribution in [-0.4, -0.2) is 48.1 Å². The first-order chi connectivity index (χ1) is 9.08. The Kier molecular flexibility index (Phi) is 5.22. The summed E-state index contributed by atoms with van der Waals surface area (Å²) < 4.78 is 0. The molecule has 1 amide bonds. The summed E-state index contributed by atoms with van der Waals surface area (Å²) in [6.07, 6.45) is 6.18. The first-order valence-corrected chi connectivity index (χ1v) is 7.88. The molecule has 0 aromatic heterocycles. The number of nitrogens with zero attached hydrogens (tertiary/aromatic N) is 1. The van der Waals surface area contributed by atoms with Crippen LogP contribution in [0.5, 0.6) is 0 Å². The number of fused-ring (bicyclic) bond motifs is 2. The van der Waals surface area contributed by atoms with Crippen molar-refractivity contribution in [2.45, 2.75) is 77.0 Å². The third-order valence-electron chi connectivity index (χ3n) is 4.27. The molecule has 110 valence electrons. The van der Waals surface area contributed by atoms with E-state index in [0.717, 1.165) is 13.0 Å². The highest BCUT2D eigenvalue weighted by molar-refractivity contribution is 5.78. The molecule has 2 heterocycles. The second-order valence-corrected chi connectivity index (χ2v) is 6.46. The molecule has 0 saturated carbocycles. The van der Waals surface area contributed by atoms with E-state index in [4.69, 9.17) is 0 Å². The largest absolute Gasteiger partial charge is 0.353 e. The van der Waals surface area contributed by atoms with Gasteiger partial charge in [-0.2, -0.15) is 0 Å². The summed E-state index contributed by atoms with van der Waals surface area (Å²) in [5, 5.41) is 6.69. The summed E-state index contributed by atoms with van der Waals surface area (Å²) >= 11 is 0. The van der Waals surface area contributed by atoms with Crippen LogP contribution in [0.15, 0.2) is 0 Å². The first-order valence-electron chi connectivity index (χ1n) is 7.88. The van der Waals surface area contributed by atoms with E-state index in [1.165, 1.54) is 25.7 Å². The van der Waals surface area contributed by atoms with Crippen molar-refractivity contribution >= 4 is 5.91 Å². The Bertz CT molecular complexity index is 294. The van der Waals surface area contributed by atoms with E-state index in [2.05, 4.69) is 22.5 Å². The second-order valence-electron chi connectivity index (χ2n) is 6.46. The summed E-state index contributed by atoms with van der Waals surface area (Å²) in [5.74, 6) is 0.175. The lowest BCUT2D eigenvalue weighted by molar-refractivity contribution is -0.123. The van der Waals surface area contributed by atoms with Gasteiger partial charge in [0.05, 0.1) is 6.54 Å². The zero-order valence-electron chi connectivity index (χ0n) is 12.6. The standard InChI is InChI=1S/C15H29N3O/c1-4-7-18(10-15(19)16-11(2)3)14-8-12-5-6-13(9-14)17-12/h11-14,17H,4-10H2,1-3H3,(H,16,19). The molecule has 2 atom stereocenters. The van der Waals surface area contributed by atoms with E-state index >= 15 is 0 Å². The Morgan fingerprint density at radius 2 is 1.95 bits per heavy atom. The zero-order valence-corrected chi connectivity index (χ0v) is 12.6. The van der Waals surface area contributed by atoms with E-state index in [0.29, 0.717) is 24.7 Å². The zero-order chi connectivity index (χ0) is 13.8. The lowest BCUT2D eigenvalue weighted by Gasteiger charge is -2.37. The molecule has 0 spiro atoms. The molecule has 0 aliphatic carbocycles. The molecule has 2 unspecified atom stereocenters. The summed E-state index contributed by atoms with van der Waals surface area (Å²) in [5.41, 5.74) is 0. The van der Waals surface area contributed by atoms with Crippen molar-refractivity contribution in [2.24, 2.45) is 0 Å². The number of piperidine rings is 1. The topological polar surface area (TPSA) is 44.4 Å². The van der Waals surface area contributed by atoms with Gasteiger partial charge in [0.2, 0.25) is 5.91 Å². The van der Waals surface area contributed by atoms with Gasteiger partial charge in [0, 0.05) is 24.2 Å². The molecule has 4 nitrogen and oxygen atoms in total. The fraction of sp³-hybridized carbons (Fsp3) is 0.933. The number of hydrogen-bond acceptors (Lipinski definition) is 3. The van der Waals surface area contributed by atoms with Crippen LogP contribution in [0.2, 0.25) is 0 Å². The highest BCUT2D eigenvalue weighted by Gasteiger charge is 2.36. The van der Waals surface area contributed by atoms with Gasteiger partial charge in [-0.25, -0.2) is 0 Å². The predicted molar refractivity (Wildman–Crippen MR) is 78.1 cm³/mol. The molecule has 2 aliphatic heterocycles. The van der Waals surface area contributed by atoms with Gasteiger partial charge in [-0.3, -0.25) is 9.69 Å². The predicted octanol–water partition coefficient (Wildman–Crippen LogP) is 1.51. The van der Waals surface area contributed by atoms with E-state index in [9.17, 15) is 4.79 Å². The number of nitrogens with one attached hydrogen (secondary N) is 2. The van der Waals surface area contributed by atoms with Crippen LogP contribution in [0.25, 0.3) is 0 Å². The van der Waals surface area contributed by atoms with Crippen LogP contribution in [0, 0.1) is 0 Å². The van der Waals surface area contributed by atoms with Gasteiger partial charge in [-0.1, -0.05) is 6.92 Å². The van der Waals surface area contributed by atoms with Crippen LogP contribution >= 0.6 is 0 Å². The van der Waals surface area contributed by atoms with Crippen molar-refractivity contribution in [1.82, 2.24) is 15.5 Å². The maximum atomic E-state index is 12.0. The van der Waals surface area contributed by atoms with E-state index in [1.54, 1.807) is 0 Å². The summed E-state index contributed by atoms with van der Waals surface area (Å²) in [6.45, 7) is 7.84. The summed E-state index contributed by atoms with van der Waals surface area (Å²) in [4.78, 5) is 14.4. The van der Waals surface area contributed by atoms with Gasteiger partial charge in [-0.15, -0.1) is 0 Å². The van der Waals surface area contributed by atoms with Gasteiger partial charge < -0.3 is 10.6 Å². The fourth-order valence-corrected chi connectivity index (χ4v) is 3.56. The molecular formula is C15H29N3O. The quantitative estimate of drug-likeness (QED) is 0.766. The molecule has 0 aromatic carbocycles. The lowest BCUT2D eigenvalue weighted by Crippen LogP contribution is -2.51. The van der Waals surface area contributed by atoms with E-state index in [-0.39, 0.29) is 11.9 Å². The third kappa shape index (κ3) is 4.18. The normalized spacial score (nSPS) is 30.1. The van der Waals surface area contributed by atoms with E-state index < -0.39 is 0 Å². The van der Waals surface area contributed by atoms with Gasteiger partial charge in [0.25, 0.3) is 0 Å². The van der Waals surface area contributed by atoms with Gasteiger partial charge in [-0.05, 0) is 52.5 Å². The van der Waals surface area contributed by atoms with Crippen molar-refractivity contribution in [3.8, 4) is 0 Å². The fourth-order valence-electron chi connectivity index (χ4n) is 3.56. The number of rotatable bonds is 6. The molecule has 2 aliphatic rings. The number of carbonyl (C=O) groups excluding carboxylic acids is 1. The molecular weight excluding hydrogens is 238 g/mol. The van der Waals surface area contributed by atoms with Crippen molar-refractivity contribution in [2.75, 3.05) is 13.1 Å². The van der Waals surface area contributed by atoms with Crippen molar-refractivity contribution in [3.05, 3.63) is 0 Å². The number of hydrogen-bond donors (Lipinski definition) is 2. The van der Waals surface area contributed by atoms with Crippen molar-refractivity contribution < 1.29 is 4.79 Å². The van der Waals surface area contributed by atoms with Crippen molar-refractivity contribution in [1.29, 1.82) is 0 Å². The Balaban J connectivity index is 1.89. The van der Waals surface area contributed by atoms with Gasteiger partial charge in [0.1, 0.15) is 0 Å². The molecule has 2 saturated heterocycles. The molecule has 0 radical (unpaired) electrons. The van der Waals surface area contributed by atoms with Gasteiger partial charge in [0.15, 0.2) is 0 Å². The molecule has 0 aromatic rings. The number of amides is 1. The highest BCUT2D eigenvalue weighted by atomic mass is 16.2. The minimum atomic E-state index is 0.175. The molecule has 4 heteroatoms. The van der Waals surface area contributed by atoms with E-state index in [1.807, 2.05) is 13.8 Å². The average molecular weight is 267 g/mol. The maximum Gasteiger partial charge on any atom is 0.234 e.